The van der Waals surface area contributed by atoms with Gasteiger partial charge in [-0.1, -0.05) is 0 Å². The third-order valence-electron chi connectivity index (χ3n) is 2.18. The quantitative estimate of drug-likeness (QED) is 0.739. The molecule has 0 saturated heterocycles. The fourth-order valence-corrected chi connectivity index (χ4v) is 4.67. The Morgan fingerprint density at radius 2 is 2.00 bits per heavy atom. The van der Waals surface area contributed by atoms with Crippen molar-refractivity contribution in [3.05, 3.63) is 15.4 Å². The van der Waals surface area contributed by atoms with Gasteiger partial charge < -0.3 is 10.2 Å². The van der Waals surface area contributed by atoms with E-state index in [9.17, 15) is 8.42 Å². The van der Waals surface area contributed by atoms with Crippen LogP contribution in [0.2, 0.25) is 0 Å². The molecule has 8 heteroatoms. The van der Waals surface area contributed by atoms with Gasteiger partial charge in [-0.3, -0.25) is 0 Å². The lowest BCUT2D eigenvalue weighted by Gasteiger charge is -2.25. The van der Waals surface area contributed by atoms with Gasteiger partial charge in [0.15, 0.2) is 0 Å². The number of halogens is 1. The molecular weight excluding hydrogens is 330 g/mol. The number of aryl methyl sites for hydroxylation is 1. The van der Waals surface area contributed by atoms with Gasteiger partial charge in [-0.05, 0) is 41.4 Å². The van der Waals surface area contributed by atoms with Crippen LogP contribution in [0.25, 0.3) is 0 Å². The van der Waals surface area contributed by atoms with Crippen LogP contribution in [-0.2, 0) is 10.0 Å². The SMILES string of the molecule is Cc1cc(S(=O)(=O)NC(C)(CO)CO)sc1Br. The van der Waals surface area contributed by atoms with Gasteiger partial charge in [-0.2, -0.15) is 4.72 Å². The minimum atomic E-state index is -3.73. The number of sulfonamides is 1. The van der Waals surface area contributed by atoms with Crippen LogP contribution in [0.15, 0.2) is 14.1 Å². The molecule has 1 aromatic rings. The van der Waals surface area contributed by atoms with E-state index in [1.54, 1.807) is 6.92 Å². The molecule has 3 N–H and O–H groups in total. The molecule has 0 bridgehead atoms. The number of aliphatic hydroxyl groups is 2. The predicted molar refractivity (Wildman–Crippen MR) is 69.7 cm³/mol. The first-order chi connectivity index (χ1) is 7.74. The Hall–Kier alpha value is 0.01000. The second kappa shape index (κ2) is 5.33. The molecule has 1 heterocycles. The van der Waals surface area contributed by atoms with Crippen molar-refractivity contribution in [2.75, 3.05) is 13.2 Å². The Morgan fingerprint density at radius 1 is 1.47 bits per heavy atom. The van der Waals surface area contributed by atoms with Gasteiger partial charge in [0, 0.05) is 0 Å². The molecular formula is C9H14BrNO4S2. The Kier molecular flexibility index (Phi) is 4.73. The summed E-state index contributed by atoms with van der Waals surface area (Å²) < 4.78 is 27.2. The van der Waals surface area contributed by atoms with Crippen molar-refractivity contribution in [1.82, 2.24) is 4.72 Å². The van der Waals surface area contributed by atoms with E-state index in [1.165, 1.54) is 13.0 Å². The van der Waals surface area contributed by atoms with E-state index in [4.69, 9.17) is 10.2 Å². The lowest BCUT2D eigenvalue weighted by atomic mass is 10.1. The van der Waals surface area contributed by atoms with E-state index in [-0.39, 0.29) is 4.21 Å². The molecule has 0 spiro atoms. The summed E-state index contributed by atoms with van der Waals surface area (Å²) in [7, 11) is -3.73. The van der Waals surface area contributed by atoms with Gasteiger partial charge >= 0.3 is 0 Å². The van der Waals surface area contributed by atoms with E-state index in [0.29, 0.717) is 0 Å². The molecule has 0 saturated carbocycles. The molecule has 17 heavy (non-hydrogen) atoms. The molecule has 0 atom stereocenters. The van der Waals surface area contributed by atoms with Crippen LogP contribution in [0.4, 0.5) is 0 Å². The molecule has 0 aliphatic carbocycles. The maximum absolute atomic E-state index is 12.0. The van der Waals surface area contributed by atoms with Crippen molar-refractivity contribution in [2.45, 2.75) is 23.6 Å². The van der Waals surface area contributed by atoms with Crippen molar-refractivity contribution in [2.24, 2.45) is 0 Å². The fourth-order valence-electron chi connectivity index (χ4n) is 1.05. The van der Waals surface area contributed by atoms with E-state index < -0.39 is 28.8 Å². The van der Waals surface area contributed by atoms with E-state index in [1.807, 2.05) is 0 Å². The minimum Gasteiger partial charge on any atom is -0.394 e. The minimum absolute atomic E-state index is 0.148. The van der Waals surface area contributed by atoms with E-state index >= 15 is 0 Å². The number of thiophene rings is 1. The average Bonchev–Trinajstić information content (AvgIpc) is 2.59. The summed E-state index contributed by atoms with van der Waals surface area (Å²) in [5.74, 6) is 0. The molecule has 0 fully saturated rings. The van der Waals surface area contributed by atoms with Crippen LogP contribution in [0, 0.1) is 6.92 Å². The zero-order valence-electron chi connectivity index (χ0n) is 9.40. The van der Waals surface area contributed by atoms with Crippen LogP contribution < -0.4 is 4.72 Å². The zero-order chi connectivity index (χ0) is 13.3. The maximum Gasteiger partial charge on any atom is 0.250 e. The first-order valence-corrected chi connectivity index (χ1v) is 7.85. The van der Waals surface area contributed by atoms with E-state index in [0.717, 1.165) is 20.7 Å². The summed E-state index contributed by atoms with van der Waals surface area (Å²) in [4.78, 5) is 0. The molecule has 98 valence electrons. The summed E-state index contributed by atoms with van der Waals surface area (Å²) in [6.45, 7) is 2.26. The van der Waals surface area contributed by atoms with Gasteiger partial charge in [0.1, 0.15) is 4.21 Å². The van der Waals surface area contributed by atoms with Gasteiger partial charge in [0.2, 0.25) is 0 Å². The summed E-state index contributed by atoms with van der Waals surface area (Å²) >= 11 is 4.34. The highest BCUT2D eigenvalue weighted by molar-refractivity contribution is 9.11. The second-order valence-corrected chi connectivity index (χ2v) is 8.28. The molecule has 1 rings (SSSR count). The molecule has 5 nitrogen and oxygen atoms in total. The monoisotopic (exact) mass is 343 g/mol. The summed E-state index contributed by atoms with van der Waals surface area (Å²) in [6, 6.07) is 1.53. The molecule has 1 aromatic heterocycles. The summed E-state index contributed by atoms with van der Waals surface area (Å²) in [5.41, 5.74) is -0.437. The van der Waals surface area contributed by atoms with Gasteiger partial charge in [0.05, 0.1) is 22.5 Å². The maximum atomic E-state index is 12.0. The lowest BCUT2D eigenvalue weighted by Crippen LogP contribution is -2.51. The Balaban J connectivity index is 3.04. The second-order valence-electron chi connectivity index (χ2n) is 4.00. The molecule has 0 aliphatic rings. The first-order valence-electron chi connectivity index (χ1n) is 4.76. The molecule has 0 aromatic carbocycles. The third kappa shape index (κ3) is 3.49. The number of nitrogens with one attached hydrogen (secondary N) is 1. The van der Waals surface area contributed by atoms with Crippen LogP contribution in [0.3, 0.4) is 0 Å². The molecule has 0 aliphatic heterocycles. The van der Waals surface area contributed by atoms with Crippen molar-refractivity contribution in [3.63, 3.8) is 0 Å². The average molecular weight is 344 g/mol. The summed E-state index contributed by atoms with van der Waals surface area (Å²) in [5, 5.41) is 18.1. The number of aliphatic hydroxyl groups excluding tert-OH is 2. The van der Waals surface area contributed by atoms with Gasteiger partial charge in [-0.25, -0.2) is 8.42 Å². The van der Waals surface area contributed by atoms with Crippen LogP contribution in [0.1, 0.15) is 12.5 Å². The Bertz CT molecular complexity index is 474. The number of hydrogen-bond acceptors (Lipinski definition) is 5. The highest BCUT2D eigenvalue weighted by atomic mass is 79.9. The number of hydrogen-bond donors (Lipinski definition) is 3. The van der Waals surface area contributed by atoms with Crippen molar-refractivity contribution >= 4 is 37.3 Å². The predicted octanol–water partition coefficient (Wildman–Crippen LogP) is 0.841. The number of rotatable bonds is 5. The Labute approximate surface area is 113 Å². The van der Waals surface area contributed by atoms with Gasteiger partial charge in [-0.15, -0.1) is 11.3 Å². The summed E-state index contributed by atoms with van der Waals surface area (Å²) in [6.07, 6.45) is 0. The molecule has 0 unspecified atom stereocenters. The highest BCUT2D eigenvalue weighted by Gasteiger charge is 2.30. The van der Waals surface area contributed by atoms with Crippen molar-refractivity contribution < 1.29 is 18.6 Å². The standard InChI is InChI=1S/C9H14BrNO4S2/c1-6-3-7(16-8(6)10)17(14,15)11-9(2,4-12)5-13/h3,11-13H,4-5H2,1-2H3. The fraction of sp³-hybridized carbons (Fsp3) is 0.556. The Morgan fingerprint density at radius 3 is 2.35 bits per heavy atom. The smallest absolute Gasteiger partial charge is 0.250 e. The van der Waals surface area contributed by atoms with Crippen LogP contribution in [-0.4, -0.2) is 37.4 Å². The zero-order valence-corrected chi connectivity index (χ0v) is 12.6. The topological polar surface area (TPSA) is 86.6 Å². The van der Waals surface area contributed by atoms with Gasteiger partial charge in [0.25, 0.3) is 10.0 Å². The van der Waals surface area contributed by atoms with Crippen molar-refractivity contribution in [3.8, 4) is 0 Å². The van der Waals surface area contributed by atoms with Crippen LogP contribution >= 0.6 is 27.3 Å². The highest BCUT2D eigenvalue weighted by Crippen LogP contribution is 2.30. The van der Waals surface area contributed by atoms with Crippen LogP contribution in [0.5, 0.6) is 0 Å². The largest absolute Gasteiger partial charge is 0.394 e. The third-order valence-corrected chi connectivity index (χ3v) is 6.43. The first kappa shape index (κ1) is 15.1. The molecule has 0 radical (unpaired) electrons. The van der Waals surface area contributed by atoms with Crippen molar-refractivity contribution in [1.29, 1.82) is 0 Å². The molecule has 0 amide bonds. The van der Waals surface area contributed by atoms with E-state index in [2.05, 4.69) is 20.7 Å². The normalized spacial score (nSPS) is 13.0. The lowest BCUT2D eigenvalue weighted by molar-refractivity contribution is 0.122.